The Labute approximate surface area is 223 Å². The molecular weight excluding hydrogens is 489 g/mol. The number of benzene rings is 2. The Morgan fingerprint density at radius 1 is 0.947 bits per heavy atom. The number of alkyl carbamates (subject to hydrolysis) is 1. The average molecular weight is 526 g/mol. The maximum absolute atomic E-state index is 14.9. The van der Waals surface area contributed by atoms with E-state index in [2.05, 4.69) is 10.6 Å². The number of amides is 3. The largest absolute Gasteiger partial charge is 0.444 e. The van der Waals surface area contributed by atoms with Gasteiger partial charge < -0.3 is 25.0 Å². The van der Waals surface area contributed by atoms with Crippen molar-refractivity contribution >= 4 is 29.4 Å². The van der Waals surface area contributed by atoms with Crippen LogP contribution in [-0.2, 0) is 16.0 Å². The van der Waals surface area contributed by atoms with Crippen molar-refractivity contribution in [2.75, 3.05) is 18.4 Å². The van der Waals surface area contributed by atoms with Crippen LogP contribution in [0.1, 0.15) is 69.4 Å². The number of ether oxygens (including phenoxy) is 2. The van der Waals surface area contributed by atoms with Crippen LogP contribution in [0.25, 0.3) is 5.57 Å². The van der Waals surface area contributed by atoms with Gasteiger partial charge in [-0.1, -0.05) is 24.3 Å². The van der Waals surface area contributed by atoms with Crippen LogP contribution in [-0.4, -0.2) is 47.3 Å². The lowest BCUT2D eigenvalue weighted by Gasteiger charge is -2.29. The van der Waals surface area contributed by atoms with Crippen LogP contribution < -0.4 is 10.6 Å². The molecule has 0 bridgehead atoms. The van der Waals surface area contributed by atoms with E-state index in [1.807, 2.05) is 26.8 Å². The Morgan fingerprint density at radius 3 is 2.16 bits per heavy atom. The highest BCUT2D eigenvalue weighted by molar-refractivity contribution is 6.04. The predicted molar refractivity (Wildman–Crippen MR) is 144 cm³/mol. The summed E-state index contributed by atoms with van der Waals surface area (Å²) in [5, 5.41) is 5.43. The molecule has 0 spiro atoms. The summed E-state index contributed by atoms with van der Waals surface area (Å²) in [6.45, 7) is 11.8. The van der Waals surface area contributed by atoms with Crippen molar-refractivity contribution in [2.24, 2.45) is 0 Å². The molecule has 0 atom stereocenters. The minimum absolute atomic E-state index is 0.189. The van der Waals surface area contributed by atoms with Crippen molar-refractivity contribution in [2.45, 2.75) is 65.7 Å². The molecule has 38 heavy (non-hydrogen) atoms. The minimum Gasteiger partial charge on any atom is -0.444 e. The van der Waals surface area contributed by atoms with Gasteiger partial charge in [-0.15, -0.1) is 0 Å². The Morgan fingerprint density at radius 2 is 1.61 bits per heavy atom. The van der Waals surface area contributed by atoms with Gasteiger partial charge in [-0.25, -0.2) is 14.0 Å². The summed E-state index contributed by atoms with van der Waals surface area (Å²) < 4.78 is 25.6. The van der Waals surface area contributed by atoms with Crippen LogP contribution in [0.15, 0.2) is 48.5 Å². The lowest BCUT2D eigenvalue weighted by atomic mass is 9.97. The molecule has 8 nitrogen and oxygen atoms in total. The van der Waals surface area contributed by atoms with Gasteiger partial charge in [-0.2, -0.15) is 0 Å². The van der Waals surface area contributed by atoms with Crippen LogP contribution >= 0.6 is 0 Å². The molecule has 1 heterocycles. The number of carbonyl (C=O) groups excluding carboxylic acids is 3. The van der Waals surface area contributed by atoms with E-state index in [9.17, 15) is 18.8 Å². The first kappa shape index (κ1) is 28.7. The van der Waals surface area contributed by atoms with E-state index in [1.54, 1.807) is 62.1 Å². The van der Waals surface area contributed by atoms with Crippen molar-refractivity contribution in [1.29, 1.82) is 0 Å². The second kappa shape index (κ2) is 11.7. The summed E-state index contributed by atoms with van der Waals surface area (Å²) in [5.41, 5.74) is 1.59. The van der Waals surface area contributed by atoms with E-state index in [1.165, 1.54) is 6.07 Å². The van der Waals surface area contributed by atoms with E-state index < -0.39 is 35.1 Å². The molecule has 3 rings (SSSR count). The van der Waals surface area contributed by atoms with Gasteiger partial charge in [-0.3, -0.25) is 4.79 Å². The zero-order chi connectivity index (χ0) is 28.1. The van der Waals surface area contributed by atoms with Crippen LogP contribution in [0.3, 0.4) is 0 Å². The van der Waals surface area contributed by atoms with Crippen LogP contribution in [0.2, 0.25) is 0 Å². The molecule has 2 aromatic rings. The number of nitrogens with zero attached hydrogens (tertiary/aromatic N) is 1. The molecular formula is C29H36FN3O5. The van der Waals surface area contributed by atoms with Crippen molar-refractivity contribution in [3.05, 3.63) is 71.0 Å². The van der Waals surface area contributed by atoms with Crippen molar-refractivity contribution in [3.8, 4) is 0 Å². The summed E-state index contributed by atoms with van der Waals surface area (Å²) in [6, 6.07) is 11.3. The third-order valence-corrected chi connectivity index (χ3v) is 5.49. The summed E-state index contributed by atoms with van der Waals surface area (Å²) >= 11 is 0. The Kier molecular flexibility index (Phi) is 8.81. The Hall–Kier alpha value is -3.88. The summed E-state index contributed by atoms with van der Waals surface area (Å²) in [6.07, 6.45) is 1.39. The van der Waals surface area contributed by atoms with Gasteiger partial charge in [0, 0.05) is 36.4 Å². The van der Waals surface area contributed by atoms with E-state index in [-0.39, 0.29) is 12.1 Å². The average Bonchev–Trinajstić information content (AvgIpc) is 2.81. The first-order chi connectivity index (χ1) is 17.7. The van der Waals surface area contributed by atoms with E-state index in [0.717, 1.165) is 11.1 Å². The van der Waals surface area contributed by atoms with Gasteiger partial charge in [0.15, 0.2) is 0 Å². The lowest BCUT2D eigenvalue weighted by molar-refractivity contribution is 0.0270. The molecule has 0 fully saturated rings. The molecule has 2 N–H and O–H groups in total. The third kappa shape index (κ3) is 8.61. The molecule has 204 valence electrons. The number of anilines is 1. The number of carbonyl (C=O) groups is 3. The van der Waals surface area contributed by atoms with Crippen molar-refractivity contribution < 1.29 is 28.2 Å². The van der Waals surface area contributed by atoms with Crippen LogP contribution in [0.4, 0.5) is 19.7 Å². The van der Waals surface area contributed by atoms with E-state index in [4.69, 9.17) is 9.47 Å². The smallest absolute Gasteiger partial charge is 0.410 e. The SMILES string of the molecule is CC(C)(C)OC(=O)NCc1ccc(NC(=O)c2ccc(C3=CCN(C(=O)OC(C)(C)C)CC3)c(F)c2)cc1. The highest BCUT2D eigenvalue weighted by atomic mass is 19.1. The molecule has 0 unspecified atom stereocenters. The van der Waals surface area contributed by atoms with Gasteiger partial charge in [0.2, 0.25) is 0 Å². The summed E-state index contributed by atoms with van der Waals surface area (Å²) in [5.74, 6) is -0.943. The third-order valence-electron chi connectivity index (χ3n) is 5.49. The van der Waals surface area contributed by atoms with Gasteiger partial charge in [-0.05, 0) is 83.4 Å². The lowest BCUT2D eigenvalue weighted by Crippen LogP contribution is -2.39. The normalized spacial score (nSPS) is 13.9. The number of hydrogen-bond donors (Lipinski definition) is 2. The van der Waals surface area contributed by atoms with Gasteiger partial charge in [0.05, 0.1) is 0 Å². The molecule has 0 aromatic heterocycles. The number of hydrogen-bond acceptors (Lipinski definition) is 5. The van der Waals surface area contributed by atoms with Gasteiger partial charge in [0.25, 0.3) is 5.91 Å². The minimum atomic E-state index is -0.579. The maximum atomic E-state index is 14.9. The van der Waals surface area contributed by atoms with Crippen molar-refractivity contribution in [1.82, 2.24) is 10.2 Å². The molecule has 9 heteroatoms. The maximum Gasteiger partial charge on any atom is 0.410 e. The van der Waals surface area contributed by atoms with Crippen LogP contribution in [0, 0.1) is 5.82 Å². The topological polar surface area (TPSA) is 97.0 Å². The molecule has 2 aromatic carbocycles. The molecule has 0 saturated heterocycles. The van der Waals surface area contributed by atoms with Gasteiger partial charge >= 0.3 is 12.2 Å². The Bertz CT molecular complexity index is 1210. The van der Waals surface area contributed by atoms with Gasteiger partial charge in [0.1, 0.15) is 17.0 Å². The highest BCUT2D eigenvalue weighted by Crippen LogP contribution is 2.26. The fourth-order valence-electron chi connectivity index (χ4n) is 3.72. The first-order valence-corrected chi connectivity index (χ1v) is 12.5. The number of nitrogens with one attached hydrogen (secondary N) is 2. The number of halogens is 1. The van der Waals surface area contributed by atoms with E-state index >= 15 is 0 Å². The first-order valence-electron chi connectivity index (χ1n) is 12.5. The molecule has 0 radical (unpaired) electrons. The second-order valence-corrected chi connectivity index (χ2v) is 11.1. The Balaban J connectivity index is 1.56. The zero-order valence-electron chi connectivity index (χ0n) is 22.8. The van der Waals surface area contributed by atoms with Crippen molar-refractivity contribution in [3.63, 3.8) is 0 Å². The molecule has 3 amide bonds. The standard InChI is InChI=1S/C29H36FN3O5/c1-28(2,3)37-26(35)31-18-19-7-10-22(11-8-19)32-25(34)21-9-12-23(24(30)17-21)20-13-15-33(16-14-20)27(36)38-29(4,5)6/h7-13,17H,14-16,18H2,1-6H3,(H,31,35)(H,32,34). The summed E-state index contributed by atoms with van der Waals surface area (Å²) in [4.78, 5) is 38.3. The molecule has 0 saturated carbocycles. The second-order valence-electron chi connectivity index (χ2n) is 11.1. The van der Waals surface area contributed by atoms with E-state index in [0.29, 0.717) is 30.8 Å². The monoisotopic (exact) mass is 525 g/mol. The fraction of sp³-hybridized carbons (Fsp3) is 0.414. The summed E-state index contributed by atoms with van der Waals surface area (Å²) in [7, 11) is 0. The molecule has 1 aliphatic rings. The number of rotatable bonds is 5. The molecule has 0 aliphatic carbocycles. The van der Waals surface area contributed by atoms with Crippen LogP contribution in [0.5, 0.6) is 0 Å². The predicted octanol–water partition coefficient (Wildman–Crippen LogP) is 6.13. The quantitative estimate of drug-likeness (QED) is 0.490. The fourth-order valence-corrected chi connectivity index (χ4v) is 3.72. The highest BCUT2D eigenvalue weighted by Gasteiger charge is 2.25. The zero-order valence-corrected chi connectivity index (χ0v) is 22.8. The molecule has 1 aliphatic heterocycles.